The zero-order chi connectivity index (χ0) is 11.5. The van der Waals surface area contributed by atoms with Gasteiger partial charge in [0.1, 0.15) is 6.42 Å². The Morgan fingerprint density at radius 2 is 1.67 bits per heavy atom. The van der Waals surface area contributed by atoms with Crippen LogP contribution in [0.1, 0.15) is 58.3 Å². The van der Waals surface area contributed by atoms with Crippen LogP contribution in [-0.2, 0) is 4.79 Å². The fraction of sp³-hybridized carbons (Fsp3) is 0.750. The molecule has 0 amide bonds. The Morgan fingerprint density at radius 1 is 1.07 bits per heavy atom. The summed E-state index contributed by atoms with van der Waals surface area (Å²) in [5, 5.41) is 17.5. The van der Waals surface area contributed by atoms with Gasteiger partial charge >= 0.3 is 5.97 Å². The summed E-state index contributed by atoms with van der Waals surface area (Å²) in [5.74, 6) is -0.997. The van der Waals surface area contributed by atoms with E-state index in [9.17, 15) is 4.79 Å². The van der Waals surface area contributed by atoms with Crippen molar-refractivity contribution in [3.63, 3.8) is 0 Å². The second-order valence-electron chi connectivity index (χ2n) is 3.82. The molecular formula is C12H22O3. The molecule has 0 rings (SSSR count). The molecule has 0 aromatic rings. The van der Waals surface area contributed by atoms with E-state index in [-0.39, 0.29) is 12.2 Å². The Balaban J connectivity index is 3.32. The number of aliphatic carboxylic acids is 1. The molecule has 0 saturated carbocycles. The molecule has 88 valence electrons. The van der Waals surface area contributed by atoms with Crippen molar-refractivity contribution in [3.8, 4) is 0 Å². The van der Waals surface area contributed by atoms with Crippen LogP contribution in [-0.4, -0.2) is 16.2 Å². The summed E-state index contributed by atoms with van der Waals surface area (Å²) in [5.41, 5.74) is 0. The van der Waals surface area contributed by atoms with Crippen LogP contribution in [0.15, 0.2) is 11.8 Å². The second kappa shape index (κ2) is 9.56. The maximum atomic E-state index is 10.2. The number of aliphatic hydroxyl groups is 1. The molecule has 0 aliphatic carbocycles. The van der Waals surface area contributed by atoms with Gasteiger partial charge in [-0.05, 0) is 18.9 Å². The average molecular weight is 214 g/mol. The maximum absolute atomic E-state index is 10.2. The van der Waals surface area contributed by atoms with Crippen molar-refractivity contribution in [2.45, 2.75) is 58.3 Å². The highest BCUT2D eigenvalue weighted by Crippen LogP contribution is 2.08. The van der Waals surface area contributed by atoms with Crippen LogP contribution in [0, 0.1) is 0 Å². The van der Waals surface area contributed by atoms with Gasteiger partial charge in [-0.2, -0.15) is 0 Å². The first kappa shape index (κ1) is 14.0. The summed E-state index contributed by atoms with van der Waals surface area (Å²) in [6.45, 7) is 2.19. The summed E-state index contributed by atoms with van der Waals surface area (Å²) in [4.78, 5) is 10.2. The molecule has 2 N–H and O–H groups in total. The molecule has 3 nitrogen and oxygen atoms in total. The summed E-state index contributed by atoms with van der Waals surface area (Å²) < 4.78 is 0. The van der Waals surface area contributed by atoms with Crippen molar-refractivity contribution in [1.29, 1.82) is 0 Å². The van der Waals surface area contributed by atoms with Crippen molar-refractivity contribution in [3.05, 3.63) is 11.8 Å². The standard InChI is InChI=1S/C12H22O3/c1-2-3-4-5-6-7-8-9-11(13)10-12(14)15/h9,13H,2-8,10H2,1H3,(H,14,15)/b11-9-. The monoisotopic (exact) mass is 214 g/mol. The quantitative estimate of drug-likeness (QED) is 0.455. The van der Waals surface area contributed by atoms with Crippen molar-refractivity contribution >= 4 is 5.97 Å². The fourth-order valence-electron chi connectivity index (χ4n) is 1.42. The molecular weight excluding hydrogens is 192 g/mol. The van der Waals surface area contributed by atoms with E-state index in [0.717, 1.165) is 19.3 Å². The molecule has 15 heavy (non-hydrogen) atoms. The lowest BCUT2D eigenvalue weighted by molar-refractivity contribution is -0.136. The summed E-state index contributed by atoms with van der Waals surface area (Å²) in [7, 11) is 0. The van der Waals surface area contributed by atoms with E-state index in [4.69, 9.17) is 10.2 Å². The molecule has 0 aromatic carbocycles. The number of aliphatic hydroxyl groups excluding tert-OH is 1. The van der Waals surface area contributed by atoms with Gasteiger partial charge in [-0.1, -0.05) is 39.0 Å². The number of hydrogen-bond acceptors (Lipinski definition) is 2. The first-order chi connectivity index (χ1) is 7.16. The number of rotatable bonds is 9. The van der Waals surface area contributed by atoms with Crippen LogP contribution >= 0.6 is 0 Å². The summed E-state index contributed by atoms with van der Waals surface area (Å²) in [6, 6.07) is 0. The van der Waals surface area contributed by atoms with Gasteiger partial charge in [0.25, 0.3) is 0 Å². The Morgan fingerprint density at radius 3 is 2.27 bits per heavy atom. The first-order valence-electron chi connectivity index (χ1n) is 5.76. The van der Waals surface area contributed by atoms with Gasteiger partial charge in [-0.3, -0.25) is 4.79 Å². The highest BCUT2D eigenvalue weighted by Gasteiger charge is 1.99. The van der Waals surface area contributed by atoms with Crippen LogP contribution in [0.25, 0.3) is 0 Å². The summed E-state index contributed by atoms with van der Waals surface area (Å²) >= 11 is 0. The highest BCUT2D eigenvalue weighted by molar-refractivity contribution is 5.69. The number of allylic oxidation sites excluding steroid dienone is 1. The molecule has 0 aliphatic rings. The molecule has 0 aromatic heterocycles. The van der Waals surface area contributed by atoms with E-state index in [0.29, 0.717) is 0 Å². The minimum absolute atomic E-state index is 0.0175. The molecule has 0 fully saturated rings. The average Bonchev–Trinajstić information content (AvgIpc) is 2.15. The number of hydrogen-bond donors (Lipinski definition) is 2. The van der Waals surface area contributed by atoms with Crippen molar-refractivity contribution in [2.75, 3.05) is 0 Å². The third kappa shape index (κ3) is 10.9. The van der Waals surface area contributed by atoms with Gasteiger partial charge in [0.2, 0.25) is 0 Å². The predicted molar refractivity (Wildman–Crippen MR) is 61.0 cm³/mol. The van der Waals surface area contributed by atoms with E-state index in [2.05, 4.69) is 6.92 Å². The van der Waals surface area contributed by atoms with E-state index in [1.165, 1.54) is 25.7 Å². The smallest absolute Gasteiger partial charge is 0.311 e. The zero-order valence-electron chi connectivity index (χ0n) is 9.54. The third-order valence-corrected chi connectivity index (χ3v) is 2.27. The zero-order valence-corrected chi connectivity index (χ0v) is 9.54. The number of unbranched alkanes of at least 4 members (excludes halogenated alkanes) is 6. The number of carboxylic acids is 1. The molecule has 0 saturated heterocycles. The third-order valence-electron chi connectivity index (χ3n) is 2.27. The molecule has 0 bridgehead atoms. The lowest BCUT2D eigenvalue weighted by Gasteiger charge is -1.98. The normalized spacial score (nSPS) is 11.7. The lowest BCUT2D eigenvalue weighted by Crippen LogP contribution is -1.96. The van der Waals surface area contributed by atoms with E-state index in [1.807, 2.05) is 0 Å². The molecule has 0 atom stereocenters. The first-order valence-corrected chi connectivity index (χ1v) is 5.76. The van der Waals surface area contributed by atoms with Crippen LogP contribution in [0.3, 0.4) is 0 Å². The predicted octanol–water partition coefficient (Wildman–Crippen LogP) is 3.65. The van der Waals surface area contributed by atoms with Crippen LogP contribution in [0.2, 0.25) is 0 Å². The van der Waals surface area contributed by atoms with E-state index < -0.39 is 5.97 Å². The topological polar surface area (TPSA) is 57.5 Å². The van der Waals surface area contributed by atoms with Gasteiger partial charge in [0.15, 0.2) is 0 Å². The highest BCUT2D eigenvalue weighted by atomic mass is 16.4. The molecule has 3 heteroatoms. The Hall–Kier alpha value is -0.990. The van der Waals surface area contributed by atoms with Crippen molar-refractivity contribution in [2.24, 2.45) is 0 Å². The van der Waals surface area contributed by atoms with E-state index >= 15 is 0 Å². The second-order valence-corrected chi connectivity index (χ2v) is 3.82. The molecule has 0 radical (unpaired) electrons. The Kier molecular flexibility index (Phi) is 8.93. The van der Waals surface area contributed by atoms with Crippen molar-refractivity contribution in [1.82, 2.24) is 0 Å². The van der Waals surface area contributed by atoms with Crippen LogP contribution < -0.4 is 0 Å². The van der Waals surface area contributed by atoms with Crippen LogP contribution in [0.4, 0.5) is 0 Å². The minimum Gasteiger partial charge on any atom is -0.512 e. The van der Waals surface area contributed by atoms with Gasteiger partial charge in [0.05, 0.1) is 5.76 Å². The van der Waals surface area contributed by atoms with Crippen LogP contribution in [0.5, 0.6) is 0 Å². The van der Waals surface area contributed by atoms with E-state index in [1.54, 1.807) is 6.08 Å². The minimum atomic E-state index is -0.980. The SMILES string of the molecule is CCCCCCCC/C=C(\O)CC(=O)O. The number of carbonyl (C=O) groups is 1. The Labute approximate surface area is 91.8 Å². The molecule has 0 spiro atoms. The Bertz CT molecular complexity index is 197. The maximum Gasteiger partial charge on any atom is 0.311 e. The number of carboxylic acid groups (broad SMARTS) is 1. The van der Waals surface area contributed by atoms with Gasteiger partial charge in [0, 0.05) is 0 Å². The van der Waals surface area contributed by atoms with Gasteiger partial charge < -0.3 is 10.2 Å². The molecule has 0 aliphatic heterocycles. The van der Waals surface area contributed by atoms with Gasteiger partial charge in [-0.15, -0.1) is 0 Å². The fourth-order valence-corrected chi connectivity index (χ4v) is 1.42. The lowest BCUT2D eigenvalue weighted by atomic mass is 10.1. The largest absolute Gasteiger partial charge is 0.512 e. The van der Waals surface area contributed by atoms with Crippen molar-refractivity contribution < 1.29 is 15.0 Å². The molecule has 0 heterocycles. The summed E-state index contributed by atoms with van der Waals surface area (Å²) in [6.07, 6.45) is 9.40. The van der Waals surface area contributed by atoms with Gasteiger partial charge in [-0.25, -0.2) is 0 Å². The molecule has 0 unspecified atom stereocenters.